The van der Waals surface area contributed by atoms with Gasteiger partial charge in [0.1, 0.15) is 5.75 Å². The number of hydrogen-bond acceptors (Lipinski definition) is 4. The molecule has 0 aromatic heterocycles. The molecule has 1 aliphatic heterocycles. The van der Waals surface area contributed by atoms with Gasteiger partial charge in [0, 0.05) is 42.9 Å². The first-order chi connectivity index (χ1) is 9.00. The Labute approximate surface area is 112 Å². The standard InChI is InChI=1S/C14H20N2O3/c1-16-8-2-3-10-12(16)6-4-9(14(10)19)11(15)5-7-13(17)18/h4,6,11,19H,2-3,5,7-8,15H2,1H3,(H,17,18). The summed E-state index contributed by atoms with van der Waals surface area (Å²) >= 11 is 0. The van der Waals surface area contributed by atoms with Crippen LogP contribution in [0.15, 0.2) is 12.1 Å². The SMILES string of the molecule is CN1CCCc2c1ccc(C(N)CCC(=O)O)c2O. The molecule has 1 aromatic rings. The third-order valence-corrected chi connectivity index (χ3v) is 3.69. The maximum atomic E-state index is 10.6. The van der Waals surface area contributed by atoms with Crippen LogP contribution in [0, 0.1) is 0 Å². The molecule has 104 valence electrons. The average molecular weight is 264 g/mol. The number of aromatic hydroxyl groups is 1. The lowest BCUT2D eigenvalue weighted by Crippen LogP contribution is -2.25. The van der Waals surface area contributed by atoms with Crippen molar-refractivity contribution in [3.63, 3.8) is 0 Å². The molecule has 1 unspecified atom stereocenters. The van der Waals surface area contributed by atoms with E-state index in [1.54, 1.807) is 0 Å². The zero-order valence-electron chi connectivity index (χ0n) is 11.1. The highest BCUT2D eigenvalue weighted by molar-refractivity contribution is 5.67. The Kier molecular flexibility index (Phi) is 3.95. The monoisotopic (exact) mass is 264 g/mol. The van der Waals surface area contributed by atoms with Crippen molar-refractivity contribution < 1.29 is 15.0 Å². The van der Waals surface area contributed by atoms with Crippen LogP contribution in [0.4, 0.5) is 5.69 Å². The van der Waals surface area contributed by atoms with Gasteiger partial charge in [0.25, 0.3) is 0 Å². The summed E-state index contributed by atoms with van der Waals surface area (Å²) in [6.07, 6.45) is 2.19. The predicted molar refractivity (Wildman–Crippen MR) is 73.5 cm³/mol. The first-order valence-electron chi connectivity index (χ1n) is 6.54. The third-order valence-electron chi connectivity index (χ3n) is 3.69. The summed E-state index contributed by atoms with van der Waals surface area (Å²) in [5, 5.41) is 19.0. The molecule has 1 atom stereocenters. The Morgan fingerprint density at radius 1 is 1.53 bits per heavy atom. The molecule has 1 aromatic carbocycles. The second-order valence-corrected chi connectivity index (χ2v) is 5.07. The number of carbonyl (C=O) groups is 1. The summed E-state index contributed by atoms with van der Waals surface area (Å²) < 4.78 is 0. The van der Waals surface area contributed by atoms with Gasteiger partial charge in [0.15, 0.2) is 0 Å². The lowest BCUT2D eigenvalue weighted by molar-refractivity contribution is -0.137. The summed E-state index contributed by atoms with van der Waals surface area (Å²) in [6, 6.07) is 3.33. The molecule has 4 N–H and O–H groups in total. The van der Waals surface area contributed by atoms with Gasteiger partial charge in [-0.1, -0.05) is 6.07 Å². The molecule has 0 amide bonds. The first kappa shape index (κ1) is 13.7. The number of benzene rings is 1. The number of nitrogens with zero attached hydrogens (tertiary/aromatic N) is 1. The molecule has 19 heavy (non-hydrogen) atoms. The number of nitrogens with two attached hydrogens (primary N) is 1. The molecular weight excluding hydrogens is 244 g/mol. The van der Waals surface area contributed by atoms with Crippen LogP contribution < -0.4 is 10.6 Å². The van der Waals surface area contributed by atoms with E-state index in [1.807, 2.05) is 19.2 Å². The van der Waals surface area contributed by atoms with Gasteiger partial charge in [-0.15, -0.1) is 0 Å². The van der Waals surface area contributed by atoms with Gasteiger partial charge < -0.3 is 20.8 Å². The minimum atomic E-state index is -0.868. The van der Waals surface area contributed by atoms with Crippen LogP contribution in [0.5, 0.6) is 5.75 Å². The molecule has 5 nitrogen and oxygen atoms in total. The lowest BCUT2D eigenvalue weighted by atomic mass is 9.93. The number of phenols is 1. The van der Waals surface area contributed by atoms with Crippen LogP contribution >= 0.6 is 0 Å². The quantitative estimate of drug-likeness (QED) is 0.769. The van der Waals surface area contributed by atoms with Gasteiger partial charge in [-0.2, -0.15) is 0 Å². The van der Waals surface area contributed by atoms with E-state index in [9.17, 15) is 9.90 Å². The van der Waals surface area contributed by atoms with E-state index in [0.717, 1.165) is 30.6 Å². The van der Waals surface area contributed by atoms with Crippen LogP contribution in [0.1, 0.15) is 36.4 Å². The summed E-state index contributed by atoms with van der Waals surface area (Å²) in [6.45, 7) is 0.983. The van der Waals surface area contributed by atoms with Crippen molar-refractivity contribution in [3.05, 3.63) is 23.3 Å². The number of rotatable bonds is 4. The van der Waals surface area contributed by atoms with Crippen LogP contribution in [0.25, 0.3) is 0 Å². The fraction of sp³-hybridized carbons (Fsp3) is 0.500. The number of anilines is 1. The molecule has 2 rings (SSSR count). The highest BCUT2D eigenvalue weighted by atomic mass is 16.4. The number of carboxylic acids is 1. The Bertz CT molecular complexity index is 488. The van der Waals surface area contributed by atoms with Crippen molar-refractivity contribution in [1.29, 1.82) is 0 Å². The van der Waals surface area contributed by atoms with E-state index in [4.69, 9.17) is 10.8 Å². The number of hydrogen-bond donors (Lipinski definition) is 3. The number of aliphatic carboxylic acids is 1. The first-order valence-corrected chi connectivity index (χ1v) is 6.54. The fourth-order valence-corrected chi connectivity index (χ4v) is 2.60. The average Bonchev–Trinajstić information content (AvgIpc) is 2.37. The fourth-order valence-electron chi connectivity index (χ4n) is 2.60. The van der Waals surface area contributed by atoms with E-state index in [0.29, 0.717) is 12.0 Å². The normalized spacial score (nSPS) is 16.0. The number of carboxylic acid groups (broad SMARTS) is 1. The van der Waals surface area contributed by atoms with E-state index >= 15 is 0 Å². The van der Waals surface area contributed by atoms with Crippen LogP contribution in [0.2, 0.25) is 0 Å². The van der Waals surface area contributed by atoms with Crippen LogP contribution in [-0.4, -0.2) is 29.8 Å². The maximum absolute atomic E-state index is 10.6. The van der Waals surface area contributed by atoms with Gasteiger partial charge in [0.2, 0.25) is 0 Å². The number of fused-ring (bicyclic) bond motifs is 1. The van der Waals surface area contributed by atoms with Crippen molar-refractivity contribution in [2.24, 2.45) is 5.73 Å². The topological polar surface area (TPSA) is 86.8 Å². The molecule has 1 heterocycles. The van der Waals surface area contributed by atoms with Gasteiger partial charge in [0.05, 0.1) is 0 Å². The van der Waals surface area contributed by atoms with Crippen molar-refractivity contribution in [1.82, 2.24) is 0 Å². The molecule has 0 aliphatic carbocycles. The molecular formula is C14H20N2O3. The van der Waals surface area contributed by atoms with Gasteiger partial charge in [-0.3, -0.25) is 4.79 Å². The Hall–Kier alpha value is -1.75. The van der Waals surface area contributed by atoms with E-state index in [-0.39, 0.29) is 12.2 Å². The number of phenolic OH excluding ortho intramolecular Hbond substituents is 1. The Balaban J connectivity index is 2.25. The molecule has 0 fully saturated rings. The predicted octanol–water partition coefficient (Wildman–Crippen LogP) is 1.64. The smallest absolute Gasteiger partial charge is 0.303 e. The highest BCUT2D eigenvalue weighted by Crippen LogP contribution is 2.38. The second-order valence-electron chi connectivity index (χ2n) is 5.07. The molecule has 0 spiro atoms. The summed E-state index contributed by atoms with van der Waals surface area (Å²) in [5.74, 6) is -0.630. The molecule has 1 aliphatic rings. The van der Waals surface area contributed by atoms with Crippen molar-refractivity contribution in [2.45, 2.75) is 31.7 Å². The summed E-state index contributed by atoms with van der Waals surface area (Å²) in [4.78, 5) is 12.7. The molecule has 0 radical (unpaired) electrons. The largest absolute Gasteiger partial charge is 0.507 e. The zero-order valence-corrected chi connectivity index (χ0v) is 11.1. The molecule has 0 bridgehead atoms. The van der Waals surface area contributed by atoms with Crippen molar-refractivity contribution in [3.8, 4) is 5.75 Å². The molecule has 5 heteroatoms. The van der Waals surface area contributed by atoms with Gasteiger partial charge in [-0.05, 0) is 25.3 Å². The van der Waals surface area contributed by atoms with Gasteiger partial charge >= 0.3 is 5.97 Å². The minimum absolute atomic E-state index is 0.0115. The minimum Gasteiger partial charge on any atom is -0.507 e. The van der Waals surface area contributed by atoms with Crippen LogP contribution in [0.3, 0.4) is 0 Å². The molecule has 0 saturated heterocycles. The van der Waals surface area contributed by atoms with Gasteiger partial charge in [-0.25, -0.2) is 0 Å². The van der Waals surface area contributed by atoms with Crippen LogP contribution in [-0.2, 0) is 11.2 Å². The van der Waals surface area contributed by atoms with Crippen molar-refractivity contribution >= 4 is 11.7 Å². The van der Waals surface area contributed by atoms with Crippen molar-refractivity contribution in [2.75, 3.05) is 18.5 Å². The Morgan fingerprint density at radius 2 is 2.26 bits per heavy atom. The summed E-state index contributed by atoms with van der Waals surface area (Å²) in [5.41, 5.74) is 8.59. The highest BCUT2D eigenvalue weighted by Gasteiger charge is 2.21. The van der Waals surface area contributed by atoms with E-state index in [1.165, 1.54) is 0 Å². The lowest BCUT2D eigenvalue weighted by Gasteiger charge is -2.29. The Morgan fingerprint density at radius 3 is 2.95 bits per heavy atom. The van der Waals surface area contributed by atoms with E-state index < -0.39 is 12.0 Å². The van der Waals surface area contributed by atoms with E-state index in [2.05, 4.69) is 4.90 Å². The molecule has 0 saturated carbocycles. The third kappa shape index (κ3) is 2.81. The summed E-state index contributed by atoms with van der Waals surface area (Å²) in [7, 11) is 2.00. The second kappa shape index (κ2) is 5.48. The maximum Gasteiger partial charge on any atom is 0.303 e. The zero-order chi connectivity index (χ0) is 14.0.